The number of anilines is 8. The van der Waals surface area contributed by atoms with Gasteiger partial charge in [0.25, 0.3) is 16.7 Å². The summed E-state index contributed by atoms with van der Waals surface area (Å²) in [6.07, 6.45) is 15.6. The first kappa shape index (κ1) is 87.8. The Morgan fingerprint density at radius 2 is 1.24 bits per heavy atom. The number of hydrogen-bond donors (Lipinski definition) is 5. The molecule has 10 aromatic heterocycles. The molecule has 0 bridgehead atoms. The molecule has 0 spiro atoms. The summed E-state index contributed by atoms with van der Waals surface area (Å²) in [5.74, 6) is 1.77. The molecule has 4 atom stereocenters. The Hall–Kier alpha value is -12.7. The van der Waals surface area contributed by atoms with E-state index in [2.05, 4.69) is 113 Å². The first-order chi connectivity index (χ1) is 61.2. The van der Waals surface area contributed by atoms with Gasteiger partial charge in [-0.25, -0.2) is 45.6 Å². The fourth-order valence-corrected chi connectivity index (χ4v) is 21.6. The molecule has 652 valence electrons. The highest BCUT2D eigenvalue weighted by Crippen LogP contribution is 2.40. The standard InChI is InChI=1S/C30H29FN8O3S2.C30H28N6O3S2.C28H25F4N7O2S/c1-18-15-32-9-11-38(18)25-7-6-21(14-23(25)31)36-29-35-16-20-13-22(19-4-5-19)28(40)39(27(20)37-29)17-24-26(3-2-8-33-24)44(41,42)30-34-10-12-43-30;1-35-16-17-40-26(20-35)21-6-9-24(10-7-21)33-30-32-18-22-8-11-28(37)36(29(22)34-30)19-23-4-2-3-5-27(23)41(38,39)25-12-14-31-15-13-25;1-3-18-10-19-13-35-27(36-21-4-5-23(22(29)11-21)38-9-8-34-17(2)14-38)37-25(19)39(26(18)40)15-20-12-33-7-6-24(20)42(41)16-28(30,31)32/h2-3,6-8,10,12-14,16,18-19,32H,4-5,9,11,15,17H2,1H3,(H,35,36,37);2-15,18,26H,16-17,19-20H2,1H3,(H,32,33,34);1,4-7,10-13,17,34H,8-9,14-16H2,2H3,(H,35,36,37). The van der Waals surface area contributed by atoms with Crippen molar-refractivity contribution in [3.05, 3.63) is 277 Å². The number of thioether (sulfide) groups is 1. The van der Waals surface area contributed by atoms with Crippen molar-refractivity contribution in [3.8, 4) is 12.3 Å². The molecule has 1 aliphatic carbocycles. The Labute approximate surface area is 735 Å². The molecule has 3 saturated heterocycles. The van der Waals surface area contributed by atoms with E-state index in [1.807, 2.05) is 46.7 Å². The molecule has 0 amide bonds. The second kappa shape index (κ2) is 37.9. The van der Waals surface area contributed by atoms with Crippen LogP contribution in [-0.2, 0) is 50.1 Å². The lowest BCUT2D eigenvalue weighted by atomic mass is 10.1. The lowest BCUT2D eigenvalue weighted by Crippen LogP contribution is -2.50. The summed E-state index contributed by atoms with van der Waals surface area (Å²) in [6.45, 7) is 10.2. The summed E-state index contributed by atoms with van der Waals surface area (Å²) in [4.78, 5) is 89.8. The van der Waals surface area contributed by atoms with E-state index >= 15 is 8.78 Å². The van der Waals surface area contributed by atoms with Crippen molar-refractivity contribution in [3.63, 3.8) is 0 Å². The molecule has 4 aliphatic rings. The van der Waals surface area contributed by atoms with Crippen molar-refractivity contribution in [2.24, 2.45) is 0 Å². The van der Waals surface area contributed by atoms with Crippen molar-refractivity contribution in [2.75, 3.05) is 96.7 Å². The lowest BCUT2D eigenvalue weighted by molar-refractivity contribution is -0.105. The summed E-state index contributed by atoms with van der Waals surface area (Å²) in [5.41, 5.74) is 5.02. The van der Waals surface area contributed by atoms with E-state index in [1.165, 1.54) is 107 Å². The lowest BCUT2D eigenvalue weighted by Gasteiger charge is -2.36. The minimum atomic E-state index is -4.66. The smallest absolute Gasteiger partial charge is 0.366 e. The summed E-state index contributed by atoms with van der Waals surface area (Å²) >= 11 is 2.99. The van der Waals surface area contributed by atoms with Gasteiger partial charge in [0.1, 0.15) is 34.3 Å². The van der Waals surface area contributed by atoms with E-state index in [0.717, 1.165) is 72.9 Å². The van der Waals surface area contributed by atoms with E-state index in [1.54, 1.807) is 78.4 Å². The Balaban J connectivity index is 0.000000140. The van der Waals surface area contributed by atoms with Crippen LogP contribution in [0.4, 0.5) is 68.2 Å². The molecule has 29 nitrogen and oxygen atoms in total. The van der Waals surface area contributed by atoms with E-state index in [-0.39, 0.29) is 113 Å². The number of alkyl halides is 3. The van der Waals surface area contributed by atoms with Crippen molar-refractivity contribution < 1.29 is 43.0 Å². The molecule has 39 heteroatoms. The predicted molar refractivity (Wildman–Crippen MR) is 479 cm³/mol. The molecule has 4 unspecified atom stereocenters. The first-order valence-electron chi connectivity index (χ1n) is 40.3. The topological polar surface area (TPSA) is 350 Å². The van der Waals surface area contributed by atoms with Gasteiger partial charge in [0.05, 0.1) is 67.8 Å². The van der Waals surface area contributed by atoms with Crippen LogP contribution in [0.3, 0.4) is 0 Å². The summed E-state index contributed by atoms with van der Waals surface area (Å²) in [5, 5.41) is 19.6. The maximum Gasteiger partial charge on any atom is 0.400 e. The number of nitrogens with one attached hydrogen (secondary N) is 5. The maximum atomic E-state index is 15.2. The summed E-state index contributed by atoms with van der Waals surface area (Å²) < 4.78 is 139. The van der Waals surface area contributed by atoms with Crippen LogP contribution in [-0.4, -0.2) is 179 Å². The number of aromatic nitrogens is 13. The number of sulfone groups is 2. The molecular weight excluding hydrogens is 1730 g/mol. The van der Waals surface area contributed by atoms with E-state index in [4.69, 9.17) is 6.42 Å². The molecule has 127 heavy (non-hydrogen) atoms. The average molecular weight is 1820 g/mol. The number of piperazine rings is 2. The van der Waals surface area contributed by atoms with Gasteiger partial charge >= 0.3 is 6.18 Å². The van der Waals surface area contributed by atoms with Crippen LogP contribution in [0.25, 0.3) is 33.1 Å². The van der Waals surface area contributed by atoms with Gasteiger partial charge in [-0.1, -0.05) is 36.3 Å². The number of halogens is 5. The van der Waals surface area contributed by atoms with Gasteiger partial charge in [-0.3, -0.25) is 47.2 Å². The number of benzene rings is 4. The third kappa shape index (κ3) is 20.1. The Morgan fingerprint density at radius 3 is 1.90 bits per heavy atom. The summed E-state index contributed by atoms with van der Waals surface area (Å²) in [7, 11) is -8.06. The molecule has 13 heterocycles. The zero-order valence-corrected chi connectivity index (χ0v) is 72.5. The number of rotatable bonds is 22. The van der Waals surface area contributed by atoms with Gasteiger partial charge in [-0.2, -0.15) is 39.9 Å². The number of likely N-dealkylation sites (N-methyl/N-ethyl adjacent to an activating group) is 1. The molecule has 18 rings (SSSR count). The number of terminal acetylenes is 1. The van der Waals surface area contributed by atoms with Gasteiger partial charge < -0.3 is 41.3 Å². The molecule has 5 N–H and O–H groups in total. The molecular formula is C88H82F5N21O8S5. The van der Waals surface area contributed by atoms with Crippen molar-refractivity contribution in [1.29, 1.82) is 0 Å². The third-order valence-electron chi connectivity index (χ3n) is 21.7. The first-order valence-corrected chi connectivity index (χ1v) is 46.5. The van der Waals surface area contributed by atoms with Gasteiger partial charge in [0.15, 0.2) is 0 Å². The Kier molecular flexibility index (Phi) is 26.2. The number of fused-ring (bicyclic) bond motifs is 3. The SMILES string of the molecule is C#Cc1cc2cnc(Nc3ccc(N4CCNC(C)C4)c(F)c3)nc2n(Cc2cnccc2S(=O)CC(F)(F)F)c1=O.CC1CNCCN1c1ccc(Nc2ncc3cc(C4CC4)c(=O)n(Cc4ncccc4S(=O)(=O)c4nccs4)c3n2)cc1F.CN1CCSC(c2ccc(Nc3ncc4ccc(=O)n(Cc5ccccc5S(=O)(=O)c5ccncc5)c4n3)cc2)C1. The molecule has 1 saturated carbocycles. The van der Waals surface area contributed by atoms with Crippen LogP contribution in [0.15, 0.2) is 239 Å². The normalized spacial score (nSPS) is 16.5. The minimum absolute atomic E-state index is 0.0198. The van der Waals surface area contributed by atoms with E-state index < -0.39 is 53.8 Å². The van der Waals surface area contributed by atoms with Gasteiger partial charge in [-0.05, 0) is 154 Å². The van der Waals surface area contributed by atoms with Crippen LogP contribution < -0.4 is 53.1 Å². The maximum absolute atomic E-state index is 15.2. The minimum Gasteiger partial charge on any atom is -0.366 e. The molecule has 0 radical (unpaired) electrons. The highest BCUT2D eigenvalue weighted by molar-refractivity contribution is 7.99. The van der Waals surface area contributed by atoms with Crippen LogP contribution in [0.1, 0.15) is 71.4 Å². The van der Waals surface area contributed by atoms with Crippen LogP contribution in [0, 0.1) is 24.0 Å². The Bertz CT molecular complexity index is 6980. The molecule has 4 aromatic carbocycles. The van der Waals surface area contributed by atoms with Crippen molar-refractivity contribution in [2.45, 2.75) is 99.7 Å². The third-order valence-corrected chi connectivity index (χ3v) is 29.3. The molecule has 14 aromatic rings. The van der Waals surface area contributed by atoms with Gasteiger partial charge in [0.2, 0.25) is 41.9 Å². The molecule has 4 fully saturated rings. The molecule has 3 aliphatic heterocycles. The second-order valence-corrected chi connectivity index (χ2v) is 38.3. The quantitative estimate of drug-likeness (QED) is 0.0311. The van der Waals surface area contributed by atoms with Crippen LogP contribution >= 0.6 is 23.1 Å². The zero-order valence-electron chi connectivity index (χ0n) is 68.4. The van der Waals surface area contributed by atoms with Crippen molar-refractivity contribution in [1.82, 2.24) is 79.1 Å². The Morgan fingerprint density at radius 1 is 0.606 bits per heavy atom. The summed E-state index contributed by atoms with van der Waals surface area (Å²) in [6, 6.07) is 38.4. The fourth-order valence-electron chi connectivity index (χ4n) is 15.2. The average Bonchev–Trinajstić information content (AvgIpc) is 1.63. The van der Waals surface area contributed by atoms with Crippen LogP contribution in [0.2, 0.25) is 0 Å². The van der Waals surface area contributed by atoms with E-state index in [0.29, 0.717) is 92.2 Å². The highest BCUT2D eigenvalue weighted by atomic mass is 32.2. The number of pyridine rings is 6. The fraction of sp³-hybridized carbons (Fsp3) is 0.261. The van der Waals surface area contributed by atoms with E-state index in [9.17, 15) is 48.6 Å². The van der Waals surface area contributed by atoms with Crippen molar-refractivity contribution >= 4 is 133 Å². The largest absolute Gasteiger partial charge is 0.400 e. The van der Waals surface area contributed by atoms with Crippen LogP contribution in [0.5, 0.6) is 0 Å². The number of nitrogens with zero attached hydrogens (tertiary/aromatic N) is 16. The predicted octanol–water partition coefficient (Wildman–Crippen LogP) is 12.2. The zero-order chi connectivity index (χ0) is 88.8. The van der Waals surface area contributed by atoms with Gasteiger partial charge in [0, 0.05) is 192 Å². The monoisotopic (exact) mass is 1820 g/mol. The highest BCUT2D eigenvalue weighted by Gasteiger charge is 2.34. The second-order valence-electron chi connectivity index (χ2n) is 30.7. The van der Waals surface area contributed by atoms with Gasteiger partial charge in [-0.15, -0.1) is 17.8 Å². The number of hydrogen-bond acceptors (Lipinski definition) is 28. The number of thiazole rings is 1.